The predicted octanol–water partition coefficient (Wildman–Crippen LogP) is 0.602. The summed E-state index contributed by atoms with van der Waals surface area (Å²) >= 11 is 0. The van der Waals surface area contributed by atoms with Crippen molar-refractivity contribution >= 4 is 11.9 Å². The smallest absolute Gasteiger partial charge is 0.307 e. The van der Waals surface area contributed by atoms with E-state index in [1.165, 1.54) is 0 Å². The van der Waals surface area contributed by atoms with Gasteiger partial charge in [-0.1, -0.05) is 24.3 Å². The molecule has 0 heterocycles. The third kappa shape index (κ3) is 3.81. The third-order valence-electron chi connectivity index (χ3n) is 2.02. The van der Waals surface area contributed by atoms with Gasteiger partial charge in [-0.05, 0) is 11.1 Å². The van der Waals surface area contributed by atoms with Crippen molar-refractivity contribution in [1.82, 2.24) is 5.32 Å². The fraction of sp³-hybridized carbons (Fsp3) is 0.273. The van der Waals surface area contributed by atoms with Crippen LogP contribution in [-0.4, -0.2) is 24.0 Å². The number of carbonyl (C=O) groups excluding carboxylic acids is 1. The van der Waals surface area contributed by atoms with E-state index in [0.717, 1.165) is 11.1 Å². The van der Waals surface area contributed by atoms with Crippen molar-refractivity contribution in [2.75, 3.05) is 7.05 Å². The van der Waals surface area contributed by atoms with Crippen molar-refractivity contribution in [2.24, 2.45) is 0 Å². The number of carboxylic acid groups (broad SMARTS) is 1. The van der Waals surface area contributed by atoms with Gasteiger partial charge in [-0.2, -0.15) is 0 Å². The molecule has 0 aromatic heterocycles. The number of carboxylic acids is 1. The number of benzene rings is 1. The standard InChI is InChI=1S/C11H13NO3/c1-12-10(13)6-8-2-4-9(5-3-8)7-11(14)15/h2-5H,6-7H2,1H3,(H,12,13)(H,14,15). The van der Waals surface area contributed by atoms with Gasteiger partial charge in [0.15, 0.2) is 0 Å². The number of hydrogen-bond acceptors (Lipinski definition) is 2. The lowest BCUT2D eigenvalue weighted by Crippen LogP contribution is -2.19. The van der Waals surface area contributed by atoms with Gasteiger partial charge in [0.1, 0.15) is 0 Å². The summed E-state index contributed by atoms with van der Waals surface area (Å²) in [4.78, 5) is 21.5. The second kappa shape index (κ2) is 5.14. The van der Waals surface area contributed by atoms with E-state index in [9.17, 15) is 9.59 Å². The van der Waals surface area contributed by atoms with E-state index >= 15 is 0 Å². The second-order valence-electron chi connectivity index (χ2n) is 3.24. The molecule has 0 spiro atoms. The Balaban J connectivity index is 2.64. The Morgan fingerprint density at radius 2 is 1.60 bits per heavy atom. The lowest BCUT2D eigenvalue weighted by Gasteiger charge is -2.01. The Morgan fingerprint density at radius 1 is 1.13 bits per heavy atom. The molecule has 0 unspecified atom stereocenters. The molecule has 80 valence electrons. The summed E-state index contributed by atoms with van der Waals surface area (Å²) in [5, 5.41) is 11.1. The van der Waals surface area contributed by atoms with Crippen molar-refractivity contribution in [3.8, 4) is 0 Å². The molecule has 1 aromatic carbocycles. The highest BCUT2D eigenvalue weighted by atomic mass is 16.4. The minimum Gasteiger partial charge on any atom is -0.481 e. The highest BCUT2D eigenvalue weighted by Gasteiger charge is 2.02. The van der Waals surface area contributed by atoms with Crippen molar-refractivity contribution in [3.63, 3.8) is 0 Å². The van der Waals surface area contributed by atoms with Crippen LogP contribution in [0.1, 0.15) is 11.1 Å². The van der Waals surface area contributed by atoms with E-state index in [2.05, 4.69) is 5.32 Å². The van der Waals surface area contributed by atoms with Gasteiger partial charge >= 0.3 is 5.97 Å². The van der Waals surface area contributed by atoms with E-state index < -0.39 is 5.97 Å². The van der Waals surface area contributed by atoms with Gasteiger partial charge in [-0.15, -0.1) is 0 Å². The van der Waals surface area contributed by atoms with Crippen LogP contribution < -0.4 is 5.32 Å². The van der Waals surface area contributed by atoms with E-state index in [1.807, 2.05) is 0 Å². The number of aliphatic carboxylic acids is 1. The van der Waals surface area contributed by atoms with Gasteiger partial charge in [0.2, 0.25) is 5.91 Å². The molecule has 0 bridgehead atoms. The van der Waals surface area contributed by atoms with E-state index in [-0.39, 0.29) is 12.3 Å². The fourth-order valence-electron chi connectivity index (χ4n) is 1.22. The van der Waals surface area contributed by atoms with Crippen LogP contribution in [0.5, 0.6) is 0 Å². The minimum atomic E-state index is -0.853. The van der Waals surface area contributed by atoms with Gasteiger partial charge in [0.05, 0.1) is 12.8 Å². The molecular formula is C11H13NO3. The molecular weight excluding hydrogens is 194 g/mol. The highest BCUT2D eigenvalue weighted by Crippen LogP contribution is 2.05. The molecule has 4 heteroatoms. The van der Waals surface area contributed by atoms with E-state index in [4.69, 9.17) is 5.11 Å². The number of carbonyl (C=O) groups is 2. The van der Waals surface area contributed by atoms with Gasteiger partial charge in [0, 0.05) is 7.05 Å². The number of amides is 1. The van der Waals surface area contributed by atoms with Crippen LogP contribution in [-0.2, 0) is 22.4 Å². The van der Waals surface area contributed by atoms with Gasteiger partial charge in [0.25, 0.3) is 0 Å². The topological polar surface area (TPSA) is 66.4 Å². The van der Waals surface area contributed by atoms with Gasteiger partial charge in [-0.25, -0.2) is 0 Å². The monoisotopic (exact) mass is 207 g/mol. The van der Waals surface area contributed by atoms with E-state index in [1.54, 1.807) is 31.3 Å². The largest absolute Gasteiger partial charge is 0.481 e. The number of likely N-dealkylation sites (N-methyl/N-ethyl adjacent to an activating group) is 1. The number of nitrogens with one attached hydrogen (secondary N) is 1. The molecule has 0 fully saturated rings. The average Bonchev–Trinajstić information content (AvgIpc) is 2.20. The Morgan fingerprint density at radius 3 is 2.00 bits per heavy atom. The maximum absolute atomic E-state index is 11.0. The van der Waals surface area contributed by atoms with Crippen molar-refractivity contribution in [3.05, 3.63) is 35.4 Å². The van der Waals surface area contributed by atoms with Crippen molar-refractivity contribution in [2.45, 2.75) is 12.8 Å². The molecule has 1 aromatic rings. The van der Waals surface area contributed by atoms with Crippen LogP contribution in [0.2, 0.25) is 0 Å². The SMILES string of the molecule is CNC(=O)Cc1ccc(CC(=O)O)cc1. The summed E-state index contributed by atoms with van der Waals surface area (Å²) in [5.74, 6) is -0.907. The quantitative estimate of drug-likeness (QED) is 0.759. The summed E-state index contributed by atoms with van der Waals surface area (Å²) < 4.78 is 0. The third-order valence-corrected chi connectivity index (χ3v) is 2.02. The Bertz CT molecular complexity index is 357. The Hall–Kier alpha value is -1.84. The zero-order valence-corrected chi connectivity index (χ0v) is 8.49. The molecule has 1 amide bonds. The fourth-order valence-corrected chi connectivity index (χ4v) is 1.22. The summed E-state index contributed by atoms with van der Waals surface area (Å²) in [7, 11) is 1.58. The van der Waals surface area contributed by atoms with Crippen LogP contribution in [0.15, 0.2) is 24.3 Å². The van der Waals surface area contributed by atoms with Crippen LogP contribution in [0.4, 0.5) is 0 Å². The van der Waals surface area contributed by atoms with Crippen LogP contribution in [0.25, 0.3) is 0 Å². The summed E-state index contributed by atoms with van der Waals surface area (Å²) in [5.41, 5.74) is 1.62. The van der Waals surface area contributed by atoms with E-state index in [0.29, 0.717) is 6.42 Å². The second-order valence-corrected chi connectivity index (χ2v) is 3.24. The van der Waals surface area contributed by atoms with Crippen LogP contribution in [0.3, 0.4) is 0 Å². The first-order valence-corrected chi connectivity index (χ1v) is 4.62. The molecule has 0 saturated carbocycles. The minimum absolute atomic E-state index is 0.0141. The molecule has 0 saturated heterocycles. The molecule has 0 radical (unpaired) electrons. The zero-order chi connectivity index (χ0) is 11.3. The molecule has 0 aliphatic carbocycles. The zero-order valence-electron chi connectivity index (χ0n) is 8.49. The van der Waals surface area contributed by atoms with Crippen molar-refractivity contribution < 1.29 is 14.7 Å². The average molecular weight is 207 g/mol. The maximum atomic E-state index is 11.0. The molecule has 0 aliphatic heterocycles. The lowest BCUT2D eigenvalue weighted by molar-refractivity contribution is -0.136. The molecule has 0 atom stereocenters. The first-order valence-electron chi connectivity index (χ1n) is 4.62. The lowest BCUT2D eigenvalue weighted by atomic mass is 10.1. The Kier molecular flexibility index (Phi) is 3.85. The molecule has 1 rings (SSSR count). The molecule has 4 nitrogen and oxygen atoms in total. The first-order chi connectivity index (χ1) is 7.11. The van der Waals surface area contributed by atoms with Gasteiger partial charge < -0.3 is 10.4 Å². The maximum Gasteiger partial charge on any atom is 0.307 e. The number of hydrogen-bond donors (Lipinski definition) is 2. The van der Waals surface area contributed by atoms with Crippen molar-refractivity contribution in [1.29, 1.82) is 0 Å². The Labute approximate surface area is 87.9 Å². The van der Waals surface area contributed by atoms with Gasteiger partial charge in [-0.3, -0.25) is 9.59 Å². The van der Waals surface area contributed by atoms with Crippen LogP contribution >= 0.6 is 0 Å². The number of rotatable bonds is 4. The summed E-state index contributed by atoms with van der Waals surface area (Å²) in [6.45, 7) is 0. The summed E-state index contributed by atoms with van der Waals surface area (Å²) in [6.07, 6.45) is 0.337. The highest BCUT2D eigenvalue weighted by molar-refractivity contribution is 5.78. The molecule has 0 aliphatic rings. The molecule has 2 N–H and O–H groups in total. The first kappa shape index (κ1) is 11.2. The molecule has 15 heavy (non-hydrogen) atoms. The normalized spacial score (nSPS) is 9.67. The summed E-state index contributed by atoms with van der Waals surface area (Å²) in [6, 6.07) is 7.00. The predicted molar refractivity (Wildman–Crippen MR) is 55.6 cm³/mol. The van der Waals surface area contributed by atoms with Crippen LogP contribution in [0, 0.1) is 0 Å².